The van der Waals surface area contributed by atoms with E-state index in [1.165, 1.54) is 21.3 Å². The van der Waals surface area contributed by atoms with Gasteiger partial charge in [-0.1, -0.05) is 0 Å². The normalized spacial score (nSPS) is 12.9. The fourth-order valence-electron chi connectivity index (χ4n) is 1.99. The van der Waals surface area contributed by atoms with Crippen molar-refractivity contribution in [2.75, 3.05) is 47.7 Å². The van der Waals surface area contributed by atoms with E-state index in [0.717, 1.165) is 6.42 Å². The van der Waals surface area contributed by atoms with E-state index in [9.17, 15) is 0 Å². The first kappa shape index (κ1) is 19.9. The highest BCUT2D eigenvalue weighted by Crippen LogP contribution is 2.20. The zero-order chi connectivity index (χ0) is 15.5. The van der Waals surface area contributed by atoms with Gasteiger partial charge < -0.3 is 13.3 Å². The molecule has 0 heterocycles. The van der Waals surface area contributed by atoms with Gasteiger partial charge in [-0.25, -0.2) is 0 Å². The van der Waals surface area contributed by atoms with E-state index in [0.29, 0.717) is 32.4 Å². The Morgan fingerprint density at radius 1 is 0.750 bits per heavy atom. The van der Waals surface area contributed by atoms with Crippen molar-refractivity contribution in [2.45, 2.75) is 33.2 Å². The van der Waals surface area contributed by atoms with E-state index in [2.05, 4.69) is 0 Å². The van der Waals surface area contributed by atoms with E-state index in [4.69, 9.17) is 27.8 Å². The lowest BCUT2D eigenvalue weighted by Gasteiger charge is -2.30. The summed E-state index contributed by atoms with van der Waals surface area (Å²) in [4.78, 5) is 15.3. The van der Waals surface area contributed by atoms with Crippen molar-refractivity contribution in [3.05, 3.63) is 0 Å². The van der Waals surface area contributed by atoms with Crippen LogP contribution in [0.5, 0.6) is 0 Å². The Labute approximate surface area is 123 Å². The van der Waals surface area contributed by atoms with Crippen LogP contribution in [0.25, 0.3) is 0 Å². The molecule has 0 saturated heterocycles. The van der Waals surface area contributed by atoms with Gasteiger partial charge in [0.05, 0.1) is 4.97 Å². The summed E-state index contributed by atoms with van der Waals surface area (Å²) in [7, 11) is 1.99. The highest BCUT2D eigenvalue weighted by Gasteiger charge is 2.42. The molecule has 0 spiro atoms. The third kappa shape index (κ3) is 6.14. The second-order valence-electron chi connectivity index (χ2n) is 3.97. The van der Waals surface area contributed by atoms with Gasteiger partial charge in [0.15, 0.2) is 6.54 Å². The summed E-state index contributed by atoms with van der Waals surface area (Å²) in [5, 5.41) is 0. The average Bonchev–Trinajstić information content (AvgIpc) is 2.45. The van der Waals surface area contributed by atoms with Gasteiger partial charge in [-0.15, -0.1) is 14.5 Å². The molecule has 0 aromatic carbocycles. The average molecular weight is 312 g/mol. The van der Waals surface area contributed by atoms with Crippen LogP contribution in [-0.4, -0.2) is 61.5 Å². The van der Waals surface area contributed by atoms with Gasteiger partial charge >= 0.3 is 8.80 Å². The van der Waals surface area contributed by atoms with Gasteiger partial charge in [-0.05, 0) is 20.8 Å². The second-order valence-corrected chi connectivity index (χ2v) is 6.70. The minimum Gasteiger partial charge on any atom is -0.374 e. The van der Waals surface area contributed by atoms with Crippen LogP contribution in [0, 0.1) is 0 Å². The topological polar surface area (TPSA) is 55.4 Å². The molecular weight excluding hydrogens is 282 g/mol. The lowest BCUT2D eigenvalue weighted by Crippen LogP contribution is -2.49. The zero-order valence-corrected chi connectivity index (χ0v) is 14.6. The molecule has 0 radical (unpaired) electrons. The van der Waals surface area contributed by atoms with Gasteiger partial charge in [0.25, 0.3) is 0 Å². The fraction of sp³-hybridized carbons (Fsp3) is 1.00. The van der Waals surface area contributed by atoms with Crippen molar-refractivity contribution in [3.8, 4) is 0 Å². The lowest BCUT2D eigenvalue weighted by atomic mass is 10.5. The van der Waals surface area contributed by atoms with Gasteiger partial charge in [-0.2, -0.15) is 0 Å². The maximum absolute atomic E-state index is 5.79. The van der Waals surface area contributed by atoms with Crippen LogP contribution in [0.3, 0.4) is 0 Å². The van der Waals surface area contributed by atoms with Crippen molar-refractivity contribution < 1.29 is 32.8 Å². The van der Waals surface area contributed by atoms with Crippen molar-refractivity contribution in [2.24, 2.45) is 0 Å². The molecule has 0 N–H and O–H groups in total. The van der Waals surface area contributed by atoms with Crippen molar-refractivity contribution >= 4 is 8.80 Å². The van der Waals surface area contributed by atoms with Crippen LogP contribution in [0.15, 0.2) is 0 Å². The molecule has 0 atom stereocenters. The van der Waals surface area contributed by atoms with Crippen molar-refractivity contribution in [1.29, 1.82) is 0 Å². The molecule has 0 aliphatic carbocycles. The first-order chi connectivity index (χ1) is 9.57. The number of hydroxylamine groups is 3. The molecule has 7 nitrogen and oxygen atoms in total. The van der Waals surface area contributed by atoms with Crippen LogP contribution < -0.4 is 0 Å². The summed E-state index contributed by atoms with van der Waals surface area (Å²) in [6.07, 6.45) is 0.738. The quantitative estimate of drug-likeness (QED) is 0.294. The van der Waals surface area contributed by atoms with Gasteiger partial charge in [0.1, 0.15) is 21.3 Å². The Kier molecular flexibility index (Phi) is 10.6. The van der Waals surface area contributed by atoms with Gasteiger partial charge in [0, 0.05) is 32.3 Å². The summed E-state index contributed by atoms with van der Waals surface area (Å²) in [6, 6.07) is 0.693. The molecule has 0 aliphatic rings. The lowest BCUT2D eigenvalue weighted by molar-refractivity contribution is -1.36. The van der Waals surface area contributed by atoms with Crippen molar-refractivity contribution in [1.82, 2.24) is 0 Å². The van der Waals surface area contributed by atoms with E-state index in [1.807, 2.05) is 20.8 Å². The van der Waals surface area contributed by atoms with E-state index >= 15 is 0 Å². The molecule has 0 aliphatic heterocycles. The maximum Gasteiger partial charge on any atom is 0.501 e. The predicted octanol–water partition coefficient (Wildman–Crippen LogP) is 1.93. The number of hydrogen-bond acceptors (Lipinski definition) is 6. The highest BCUT2D eigenvalue weighted by molar-refractivity contribution is 6.60. The zero-order valence-electron chi connectivity index (χ0n) is 13.6. The number of quaternary nitrogens is 1. The Hall–Kier alpha value is -0.0631. The van der Waals surface area contributed by atoms with E-state index in [-0.39, 0.29) is 4.97 Å². The number of rotatable bonds is 13. The fourth-order valence-corrected chi connectivity index (χ4v) is 4.58. The Morgan fingerprint density at radius 3 is 1.45 bits per heavy atom. The van der Waals surface area contributed by atoms with Gasteiger partial charge in [-0.3, -0.25) is 0 Å². The highest BCUT2D eigenvalue weighted by atomic mass is 28.4. The molecule has 0 bridgehead atoms. The largest absolute Gasteiger partial charge is 0.501 e. The summed E-state index contributed by atoms with van der Waals surface area (Å²) in [6.45, 7) is 8.07. The Morgan fingerprint density at radius 2 is 1.15 bits per heavy atom. The second kappa shape index (κ2) is 10.6. The third-order valence-corrected chi connectivity index (χ3v) is 5.99. The smallest absolute Gasteiger partial charge is 0.374 e. The monoisotopic (exact) mass is 312 g/mol. The SMILES string of the molecule is CCO[Si](CCC[N+](OC)(OC)OC)(OCC)OCC. The molecule has 0 aromatic rings. The van der Waals surface area contributed by atoms with Crippen LogP contribution in [0.4, 0.5) is 0 Å². The number of nitrogens with zero attached hydrogens (tertiary/aromatic N) is 1. The van der Waals surface area contributed by atoms with Gasteiger partial charge in [0.2, 0.25) is 0 Å². The molecule has 0 aromatic heterocycles. The Balaban J connectivity index is 4.58. The standard InChI is InChI=1S/C12H30NO6Si/c1-7-17-20(18-8-2,19-9-3)12-10-11-13(14-4,15-5)16-6/h7-12H2,1-6H3/q+1. The predicted molar refractivity (Wildman–Crippen MR) is 76.2 cm³/mol. The van der Waals surface area contributed by atoms with Crippen LogP contribution in [0.2, 0.25) is 6.04 Å². The van der Waals surface area contributed by atoms with Crippen LogP contribution in [-0.2, 0) is 27.8 Å². The van der Waals surface area contributed by atoms with Crippen LogP contribution in [0.1, 0.15) is 27.2 Å². The minimum absolute atomic E-state index is 0.325. The summed E-state index contributed by atoms with van der Waals surface area (Å²) < 4.78 is 17.4. The third-order valence-electron chi connectivity index (χ3n) is 2.84. The molecule has 0 unspecified atom stereocenters. The molecule has 0 amide bonds. The molecule has 0 rings (SSSR count). The van der Waals surface area contributed by atoms with Crippen molar-refractivity contribution in [3.63, 3.8) is 0 Å². The first-order valence-corrected chi connectivity index (χ1v) is 8.97. The van der Waals surface area contributed by atoms with E-state index < -0.39 is 8.80 Å². The molecule has 8 heteroatoms. The first-order valence-electron chi connectivity index (χ1n) is 7.04. The molecular formula is C12H30NO6Si+. The molecule has 20 heavy (non-hydrogen) atoms. The maximum atomic E-state index is 5.79. The number of hydrogen-bond donors (Lipinski definition) is 0. The van der Waals surface area contributed by atoms with Crippen LogP contribution >= 0.6 is 0 Å². The molecule has 122 valence electrons. The minimum atomic E-state index is -2.61. The Bertz CT molecular complexity index is 215. The molecule has 0 saturated carbocycles. The summed E-state index contributed by atoms with van der Waals surface area (Å²) in [5.41, 5.74) is 0. The molecule has 0 fully saturated rings. The van der Waals surface area contributed by atoms with E-state index in [1.54, 1.807) is 0 Å². The summed E-state index contributed by atoms with van der Waals surface area (Å²) in [5.74, 6) is 0. The summed E-state index contributed by atoms with van der Waals surface area (Å²) >= 11 is 0.